The van der Waals surface area contributed by atoms with Gasteiger partial charge in [0.05, 0.1) is 6.10 Å². The average molecular weight is 376 g/mol. The van der Waals surface area contributed by atoms with Crippen molar-refractivity contribution < 1.29 is 5.11 Å². The third kappa shape index (κ3) is 3.91. The van der Waals surface area contributed by atoms with Gasteiger partial charge in [0.25, 0.3) is 0 Å². The van der Waals surface area contributed by atoms with E-state index in [1.54, 1.807) is 11.3 Å². The van der Waals surface area contributed by atoms with Crippen molar-refractivity contribution in [1.82, 2.24) is 0 Å². The number of thiophene rings is 1. The predicted octanol–water partition coefficient (Wildman–Crippen LogP) is 4.42. The van der Waals surface area contributed by atoms with Crippen molar-refractivity contribution in [2.75, 3.05) is 0 Å². The molecule has 4 heteroatoms. The van der Waals surface area contributed by atoms with Crippen molar-refractivity contribution in [2.45, 2.75) is 18.9 Å². The Balaban J connectivity index is 1.95. The van der Waals surface area contributed by atoms with Crippen LogP contribution in [0.4, 0.5) is 0 Å². The van der Waals surface area contributed by atoms with E-state index >= 15 is 0 Å². The van der Waals surface area contributed by atoms with Crippen LogP contribution in [0.1, 0.15) is 10.4 Å². The molecule has 0 aliphatic heterocycles. The number of aliphatic hydroxyl groups excluding tert-OH is 1. The molecule has 17 heavy (non-hydrogen) atoms. The Morgan fingerprint density at radius 1 is 1.06 bits per heavy atom. The molecule has 90 valence electrons. The summed E-state index contributed by atoms with van der Waals surface area (Å²) in [5.41, 5.74) is 1.16. The van der Waals surface area contributed by atoms with E-state index in [1.807, 2.05) is 35.7 Å². The topological polar surface area (TPSA) is 20.2 Å². The maximum Gasteiger partial charge on any atom is 0.0629 e. The molecule has 1 nitrogen and oxygen atoms in total. The number of aliphatic hydroxyl groups is 1. The zero-order valence-corrected chi connectivity index (χ0v) is 13.1. The Labute approximate surface area is 122 Å². The molecule has 2 aromatic rings. The summed E-state index contributed by atoms with van der Waals surface area (Å²) in [5.74, 6) is 0. The highest BCUT2D eigenvalue weighted by Crippen LogP contribution is 2.24. The average Bonchev–Trinajstić information content (AvgIpc) is 2.68. The Hall–Kier alpha value is -0.160. The number of hydrogen-bond acceptors (Lipinski definition) is 2. The third-order valence-electron chi connectivity index (χ3n) is 2.50. The van der Waals surface area contributed by atoms with Gasteiger partial charge in [-0.3, -0.25) is 0 Å². The molecule has 0 saturated carbocycles. The van der Waals surface area contributed by atoms with E-state index in [0.717, 1.165) is 14.5 Å². The molecule has 0 bridgehead atoms. The smallest absolute Gasteiger partial charge is 0.0629 e. The Kier molecular flexibility index (Phi) is 4.79. The molecule has 0 saturated heterocycles. The van der Waals surface area contributed by atoms with Crippen molar-refractivity contribution in [2.24, 2.45) is 0 Å². The Morgan fingerprint density at radius 3 is 2.35 bits per heavy atom. The Morgan fingerprint density at radius 2 is 1.76 bits per heavy atom. The van der Waals surface area contributed by atoms with E-state index in [-0.39, 0.29) is 6.10 Å². The summed E-state index contributed by atoms with van der Waals surface area (Å²) in [4.78, 5) is 1.20. The SMILES string of the molecule is OC(Cc1ccc(Br)cc1)Cc1sccc1Br. The van der Waals surface area contributed by atoms with Crippen molar-refractivity contribution >= 4 is 43.2 Å². The standard InChI is InChI=1S/C13H12Br2OS/c14-10-3-1-9(2-4-10)7-11(16)8-13-12(15)5-6-17-13/h1-6,11,16H,7-8H2. The quantitative estimate of drug-likeness (QED) is 0.838. The summed E-state index contributed by atoms with van der Waals surface area (Å²) in [6.07, 6.45) is 1.07. The lowest BCUT2D eigenvalue weighted by atomic mass is 10.1. The first-order valence-electron chi connectivity index (χ1n) is 5.29. The normalized spacial score (nSPS) is 12.6. The third-order valence-corrected chi connectivity index (χ3v) is 4.97. The summed E-state index contributed by atoms with van der Waals surface area (Å²) in [5, 5.41) is 12.1. The molecule has 0 aliphatic carbocycles. The van der Waals surface area contributed by atoms with Crippen LogP contribution in [0, 0.1) is 0 Å². The molecule has 0 aliphatic rings. The summed E-state index contributed by atoms with van der Waals surface area (Å²) in [6, 6.07) is 10.1. The van der Waals surface area contributed by atoms with Crippen LogP contribution >= 0.6 is 43.2 Å². The molecular formula is C13H12Br2OS. The van der Waals surface area contributed by atoms with Crippen LogP contribution in [0.5, 0.6) is 0 Å². The van der Waals surface area contributed by atoms with E-state index in [0.29, 0.717) is 12.8 Å². The largest absolute Gasteiger partial charge is 0.392 e. The molecule has 1 N–H and O–H groups in total. The molecule has 0 fully saturated rings. The van der Waals surface area contributed by atoms with Crippen LogP contribution in [0.25, 0.3) is 0 Å². The van der Waals surface area contributed by atoms with Crippen LogP contribution in [-0.4, -0.2) is 11.2 Å². The zero-order valence-electron chi connectivity index (χ0n) is 9.07. The van der Waals surface area contributed by atoms with E-state index < -0.39 is 0 Å². The lowest BCUT2D eigenvalue weighted by molar-refractivity contribution is 0.176. The highest BCUT2D eigenvalue weighted by molar-refractivity contribution is 9.10. The number of hydrogen-bond donors (Lipinski definition) is 1. The monoisotopic (exact) mass is 374 g/mol. The van der Waals surface area contributed by atoms with Gasteiger partial charge in [0.15, 0.2) is 0 Å². The van der Waals surface area contributed by atoms with Gasteiger partial charge in [-0.2, -0.15) is 0 Å². The van der Waals surface area contributed by atoms with Crippen molar-refractivity contribution in [3.63, 3.8) is 0 Å². The van der Waals surface area contributed by atoms with Gasteiger partial charge in [0.1, 0.15) is 0 Å². The first-order chi connectivity index (χ1) is 8.15. The zero-order chi connectivity index (χ0) is 12.3. The fourth-order valence-corrected chi connectivity index (χ4v) is 3.50. The molecular weight excluding hydrogens is 364 g/mol. The lowest BCUT2D eigenvalue weighted by Gasteiger charge is -2.10. The van der Waals surface area contributed by atoms with E-state index in [9.17, 15) is 5.11 Å². The highest BCUT2D eigenvalue weighted by atomic mass is 79.9. The summed E-state index contributed by atoms with van der Waals surface area (Å²) < 4.78 is 2.16. The molecule has 1 aromatic heterocycles. The van der Waals surface area contributed by atoms with Gasteiger partial charge in [-0.05, 0) is 51.5 Å². The van der Waals surface area contributed by atoms with Crippen LogP contribution in [0.3, 0.4) is 0 Å². The molecule has 1 aromatic carbocycles. The van der Waals surface area contributed by atoms with Crippen LogP contribution < -0.4 is 0 Å². The van der Waals surface area contributed by atoms with Crippen molar-refractivity contribution in [3.8, 4) is 0 Å². The number of benzene rings is 1. The maximum atomic E-state index is 10.0. The van der Waals surface area contributed by atoms with Gasteiger partial charge >= 0.3 is 0 Å². The Bertz CT molecular complexity index is 478. The van der Waals surface area contributed by atoms with E-state index in [1.165, 1.54) is 4.88 Å². The van der Waals surface area contributed by atoms with Crippen molar-refractivity contribution in [1.29, 1.82) is 0 Å². The number of rotatable bonds is 4. The maximum absolute atomic E-state index is 10.0. The van der Waals surface area contributed by atoms with Gasteiger partial charge in [0.2, 0.25) is 0 Å². The minimum Gasteiger partial charge on any atom is -0.392 e. The second kappa shape index (κ2) is 6.14. The van der Waals surface area contributed by atoms with Gasteiger partial charge in [-0.25, -0.2) is 0 Å². The second-order valence-electron chi connectivity index (χ2n) is 3.88. The molecule has 2 rings (SSSR count). The molecule has 1 unspecified atom stereocenters. The van der Waals surface area contributed by atoms with Gasteiger partial charge in [0, 0.05) is 20.2 Å². The van der Waals surface area contributed by atoms with Gasteiger partial charge in [-0.15, -0.1) is 11.3 Å². The van der Waals surface area contributed by atoms with E-state index in [4.69, 9.17) is 0 Å². The lowest BCUT2D eigenvalue weighted by Crippen LogP contribution is -2.13. The fraction of sp³-hybridized carbons (Fsp3) is 0.231. The van der Waals surface area contributed by atoms with Gasteiger partial charge < -0.3 is 5.11 Å². The second-order valence-corrected chi connectivity index (χ2v) is 6.65. The van der Waals surface area contributed by atoms with Crippen molar-refractivity contribution in [3.05, 3.63) is 55.1 Å². The minimum absolute atomic E-state index is 0.328. The van der Waals surface area contributed by atoms with E-state index in [2.05, 4.69) is 31.9 Å². The molecule has 0 spiro atoms. The summed E-state index contributed by atoms with van der Waals surface area (Å²) in [7, 11) is 0. The van der Waals surface area contributed by atoms with Crippen LogP contribution in [-0.2, 0) is 12.8 Å². The fourth-order valence-electron chi connectivity index (χ4n) is 1.65. The van der Waals surface area contributed by atoms with Gasteiger partial charge in [-0.1, -0.05) is 28.1 Å². The predicted molar refractivity (Wildman–Crippen MR) is 79.6 cm³/mol. The molecule has 1 atom stereocenters. The van der Waals surface area contributed by atoms with Crippen LogP contribution in [0.15, 0.2) is 44.7 Å². The summed E-state index contributed by atoms with van der Waals surface area (Å²) >= 11 is 8.56. The minimum atomic E-state index is -0.328. The number of halogens is 2. The highest BCUT2D eigenvalue weighted by Gasteiger charge is 2.10. The molecule has 0 amide bonds. The molecule has 0 radical (unpaired) electrons. The molecule has 1 heterocycles. The summed E-state index contributed by atoms with van der Waals surface area (Å²) in [6.45, 7) is 0. The first-order valence-corrected chi connectivity index (χ1v) is 7.76. The first kappa shape index (κ1) is 13.3. The van der Waals surface area contributed by atoms with Crippen LogP contribution in [0.2, 0.25) is 0 Å².